The number of hydrogen-bond acceptors (Lipinski definition) is 3. The first kappa shape index (κ1) is 12.5. The minimum atomic E-state index is -0.0281. The second-order valence-corrected chi connectivity index (χ2v) is 5.70. The molecule has 1 aliphatic heterocycles. The van der Waals surface area contributed by atoms with Crippen LogP contribution in [0.15, 0.2) is 48.8 Å². The molecule has 1 amide bonds. The van der Waals surface area contributed by atoms with Gasteiger partial charge < -0.3 is 0 Å². The van der Waals surface area contributed by atoms with Crippen LogP contribution in [-0.4, -0.2) is 16.6 Å². The molecule has 1 unspecified atom stereocenters. The number of carbonyl (C=O) groups excluding carboxylic acids is 1. The molecule has 1 aliphatic rings. The van der Waals surface area contributed by atoms with E-state index in [0.29, 0.717) is 10.8 Å². The van der Waals surface area contributed by atoms with Crippen molar-refractivity contribution in [1.29, 1.82) is 0 Å². The van der Waals surface area contributed by atoms with Crippen molar-refractivity contribution < 1.29 is 4.79 Å². The van der Waals surface area contributed by atoms with E-state index in [1.54, 1.807) is 35.1 Å². The SMILES string of the molecule is O=C1CSC(c2cccnc2)N1c1cccc(Cl)c1. The molecule has 2 heterocycles. The van der Waals surface area contributed by atoms with Gasteiger partial charge in [0.1, 0.15) is 5.37 Å². The van der Waals surface area contributed by atoms with Crippen molar-refractivity contribution in [3.8, 4) is 0 Å². The molecule has 96 valence electrons. The van der Waals surface area contributed by atoms with Gasteiger partial charge in [0.15, 0.2) is 0 Å². The number of rotatable bonds is 2. The first-order valence-electron chi connectivity index (χ1n) is 5.85. The lowest BCUT2D eigenvalue weighted by Gasteiger charge is -2.24. The Hall–Kier alpha value is -1.52. The standard InChI is InChI=1S/C14H11ClN2OS/c15-11-4-1-5-12(7-11)17-13(18)9-19-14(17)10-3-2-6-16-8-10/h1-8,14H,9H2. The van der Waals surface area contributed by atoms with Gasteiger partial charge in [-0.15, -0.1) is 11.8 Å². The quantitative estimate of drug-likeness (QED) is 0.848. The van der Waals surface area contributed by atoms with Gasteiger partial charge in [0.25, 0.3) is 0 Å². The summed E-state index contributed by atoms with van der Waals surface area (Å²) in [6, 6.07) is 11.2. The molecule has 0 bridgehead atoms. The van der Waals surface area contributed by atoms with Crippen LogP contribution in [-0.2, 0) is 4.79 Å². The van der Waals surface area contributed by atoms with Gasteiger partial charge in [0.2, 0.25) is 5.91 Å². The molecule has 19 heavy (non-hydrogen) atoms. The van der Waals surface area contributed by atoms with Gasteiger partial charge in [-0.05, 0) is 24.3 Å². The topological polar surface area (TPSA) is 33.2 Å². The zero-order valence-corrected chi connectivity index (χ0v) is 11.6. The van der Waals surface area contributed by atoms with Gasteiger partial charge in [-0.1, -0.05) is 23.7 Å². The molecule has 1 aromatic carbocycles. The maximum atomic E-state index is 12.1. The lowest BCUT2D eigenvalue weighted by Crippen LogP contribution is -2.27. The lowest BCUT2D eigenvalue weighted by molar-refractivity contribution is -0.115. The van der Waals surface area contributed by atoms with E-state index >= 15 is 0 Å². The first-order valence-corrected chi connectivity index (χ1v) is 7.27. The second-order valence-electron chi connectivity index (χ2n) is 4.19. The van der Waals surface area contributed by atoms with E-state index in [-0.39, 0.29) is 11.3 Å². The zero-order valence-electron chi connectivity index (χ0n) is 9.99. The number of amides is 1. The van der Waals surface area contributed by atoms with Crippen LogP contribution >= 0.6 is 23.4 Å². The van der Waals surface area contributed by atoms with Crippen LogP contribution in [0.3, 0.4) is 0 Å². The molecule has 0 N–H and O–H groups in total. The van der Waals surface area contributed by atoms with Crippen LogP contribution in [0.1, 0.15) is 10.9 Å². The number of nitrogens with zero attached hydrogens (tertiary/aromatic N) is 2. The van der Waals surface area contributed by atoms with E-state index < -0.39 is 0 Å². The summed E-state index contributed by atoms with van der Waals surface area (Å²) in [4.78, 5) is 18.0. The Balaban J connectivity index is 2.00. The number of carbonyl (C=O) groups is 1. The molecule has 1 saturated heterocycles. The van der Waals surface area contributed by atoms with E-state index in [9.17, 15) is 4.79 Å². The zero-order chi connectivity index (χ0) is 13.2. The third-order valence-corrected chi connectivity index (χ3v) is 4.37. The number of benzene rings is 1. The Morgan fingerprint density at radius 1 is 1.32 bits per heavy atom. The molecule has 1 aromatic heterocycles. The fourth-order valence-electron chi connectivity index (χ4n) is 2.10. The molecule has 3 rings (SSSR count). The third-order valence-electron chi connectivity index (χ3n) is 2.92. The molecule has 0 aliphatic carbocycles. The highest BCUT2D eigenvalue weighted by atomic mass is 35.5. The number of anilines is 1. The Labute approximate surface area is 120 Å². The molecule has 5 heteroatoms. The summed E-state index contributed by atoms with van der Waals surface area (Å²) >= 11 is 7.61. The monoisotopic (exact) mass is 290 g/mol. The molecule has 0 spiro atoms. The Morgan fingerprint density at radius 2 is 2.21 bits per heavy atom. The highest BCUT2D eigenvalue weighted by Crippen LogP contribution is 2.41. The van der Waals surface area contributed by atoms with Crippen LogP contribution in [0.2, 0.25) is 5.02 Å². The first-order chi connectivity index (χ1) is 9.25. The smallest absolute Gasteiger partial charge is 0.238 e. The summed E-state index contributed by atoms with van der Waals surface area (Å²) in [6.07, 6.45) is 3.53. The molecule has 0 radical (unpaired) electrons. The lowest BCUT2D eigenvalue weighted by atomic mass is 10.2. The van der Waals surface area contributed by atoms with Crippen molar-refractivity contribution in [2.24, 2.45) is 0 Å². The fourth-order valence-corrected chi connectivity index (χ4v) is 3.44. The predicted octanol–water partition coefficient (Wildman–Crippen LogP) is 3.51. The summed E-state index contributed by atoms with van der Waals surface area (Å²) in [5.74, 6) is 0.577. The van der Waals surface area contributed by atoms with E-state index in [4.69, 9.17) is 11.6 Å². The molecule has 3 nitrogen and oxygen atoms in total. The number of aromatic nitrogens is 1. The summed E-state index contributed by atoms with van der Waals surface area (Å²) in [5.41, 5.74) is 1.86. The minimum Gasteiger partial charge on any atom is -0.295 e. The van der Waals surface area contributed by atoms with Crippen molar-refractivity contribution in [3.05, 3.63) is 59.4 Å². The van der Waals surface area contributed by atoms with Crippen molar-refractivity contribution in [1.82, 2.24) is 4.98 Å². The molecule has 1 fully saturated rings. The Kier molecular flexibility index (Phi) is 3.44. The van der Waals surface area contributed by atoms with E-state index in [2.05, 4.69) is 4.98 Å². The summed E-state index contributed by atoms with van der Waals surface area (Å²) in [5, 5.41) is 0.604. The van der Waals surface area contributed by atoms with Crippen molar-refractivity contribution >= 4 is 35.0 Å². The fraction of sp³-hybridized carbons (Fsp3) is 0.143. The van der Waals surface area contributed by atoms with Gasteiger partial charge in [-0.3, -0.25) is 14.7 Å². The van der Waals surface area contributed by atoms with Crippen molar-refractivity contribution in [3.63, 3.8) is 0 Å². The van der Waals surface area contributed by atoms with Crippen LogP contribution in [0.4, 0.5) is 5.69 Å². The second kappa shape index (κ2) is 5.23. The summed E-state index contributed by atoms with van der Waals surface area (Å²) < 4.78 is 0. The summed E-state index contributed by atoms with van der Waals surface area (Å²) in [6.45, 7) is 0. The third kappa shape index (κ3) is 2.46. The van der Waals surface area contributed by atoms with Gasteiger partial charge in [-0.25, -0.2) is 0 Å². The van der Waals surface area contributed by atoms with Crippen LogP contribution in [0, 0.1) is 0 Å². The average Bonchev–Trinajstić information content (AvgIpc) is 2.82. The predicted molar refractivity (Wildman–Crippen MR) is 78.4 cm³/mol. The molecule has 1 atom stereocenters. The average molecular weight is 291 g/mol. The maximum Gasteiger partial charge on any atom is 0.238 e. The van der Waals surface area contributed by atoms with E-state index in [0.717, 1.165) is 11.3 Å². The van der Waals surface area contributed by atoms with Gasteiger partial charge in [-0.2, -0.15) is 0 Å². The van der Waals surface area contributed by atoms with Crippen LogP contribution in [0.25, 0.3) is 0 Å². The molecular weight excluding hydrogens is 280 g/mol. The molecule has 0 saturated carbocycles. The minimum absolute atomic E-state index is 0.0281. The highest BCUT2D eigenvalue weighted by molar-refractivity contribution is 8.00. The largest absolute Gasteiger partial charge is 0.295 e. The van der Waals surface area contributed by atoms with Crippen molar-refractivity contribution in [2.45, 2.75) is 5.37 Å². The number of halogens is 1. The number of thioether (sulfide) groups is 1. The van der Waals surface area contributed by atoms with E-state index in [1.807, 2.05) is 30.3 Å². The highest BCUT2D eigenvalue weighted by Gasteiger charge is 2.34. The van der Waals surface area contributed by atoms with Crippen LogP contribution in [0.5, 0.6) is 0 Å². The normalized spacial score (nSPS) is 18.9. The Morgan fingerprint density at radius 3 is 2.95 bits per heavy atom. The maximum absolute atomic E-state index is 12.1. The molecular formula is C14H11ClN2OS. The van der Waals surface area contributed by atoms with E-state index in [1.165, 1.54) is 0 Å². The number of pyridine rings is 1. The number of hydrogen-bond donors (Lipinski definition) is 0. The summed E-state index contributed by atoms with van der Waals surface area (Å²) in [7, 11) is 0. The van der Waals surface area contributed by atoms with Crippen molar-refractivity contribution in [2.75, 3.05) is 10.7 Å². The van der Waals surface area contributed by atoms with Crippen LogP contribution < -0.4 is 4.90 Å². The molecule has 2 aromatic rings. The van der Waals surface area contributed by atoms with Gasteiger partial charge in [0, 0.05) is 28.7 Å². The van der Waals surface area contributed by atoms with Gasteiger partial charge in [0.05, 0.1) is 5.75 Å². The van der Waals surface area contributed by atoms with Gasteiger partial charge >= 0.3 is 0 Å². The Bertz CT molecular complexity index is 605.